The van der Waals surface area contributed by atoms with Crippen molar-refractivity contribution < 1.29 is 15.0 Å². The van der Waals surface area contributed by atoms with Crippen molar-refractivity contribution in [2.24, 2.45) is 5.92 Å². The van der Waals surface area contributed by atoms with Gasteiger partial charge in [-0.25, -0.2) is 0 Å². The first-order valence-electron chi connectivity index (χ1n) is 5.49. The number of benzene rings is 1. The number of aromatic hydroxyl groups is 1. The minimum absolute atomic E-state index is 0.0285. The molecular formula is C12H13NO3. The summed E-state index contributed by atoms with van der Waals surface area (Å²) >= 11 is 0. The van der Waals surface area contributed by atoms with E-state index in [0.29, 0.717) is 6.42 Å². The van der Waals surface area contributed by atoms with Gasteiger partial charge in [0, 0.05) is 12.6 Å². The number of carboxylic acids is 1. The zero-order valence-electron chi connectivity index (χ0n) is 8.76. The Morgan fingerprint density at radius 1 is 1.44 bits per heavy atom. The lowest BCUT2D eigenvalue weighted by Gasteiger charge is -2.21. The van der Waals surface area contributed by atoms with Crippen LogP contribution in [0.15, 0.2) is 18.2 Å². The number of rotatable bonds is 1. The van der Waals surface area contributed by atoms with Crippen molar-refractivity contribution >= 4 is 11.7 Å². The van der Waals surface area contributed by atoms with Crippen LogP contribution in [0.3, 0.4) is 0 Å². The fraction of sp³-hybridized carbons (Fsp3) is 0.417. The molecule has 1 aromatic rings. The van der Waals surface area contributed by atoms with Gasteiger partial charge in [0.1, 0.15) is 5.75 Å². The van der Waals surface area contributed by atoms with Gasteiger partial charge in [0.05, 0.1) is 11.6 Å². The van der Waals surface area contributed by atoms with Crippen LogP contribution in [0.5, 0.6) is 5.75 Å². The number of fused-ring (bicyclic) bond motifs is 3. The molecule has 16 heavy (non-hydrogen) atoms. The van der Waals surface area contributed by atoms with Crippen LogP contribution in [0.4, 0.5) is 5.69 Å². The summed E-state index contributed by atoms with van der Waals surface area (Å²) < 4.78 is 0. The lowest BCUT2D eigenvalue weighted by Crippen LogP contribution is -2.32. The molecule has 0 aromatic heterocycles. The van der Waals surface area contributed by atoms with Crippen molar-refractivity contribution in [3.8, 4) is 5.75 Å². The number of anilines is 1. The van der Waals surface area contributed by atoms with Crippen molar-refractivity contribution in [2.45, 2.75) is 18.9 Å². The average molecular weight is 219 g/mol. The van der Waals surface area contributed by atoms with E-state index in [1.165, 1.54) is 0 Å². The van der Waals surface area contributed by atoms with E-state index in [4.69, 9.17) is 5.11 Å². The average Bonchev–Trinajstić information content (AvgIpc) is 2.74. The first kappa shape index (κ1) is 9.51. The highest BCUT2D eigenvalue weighted by atomic mass is 16.4. The number of aliphatic carboxylic acids is 1. The normalized spacial score (nSPS) is 26.6. The molecule has 1 aromatic carbocycles. The summed E-state index contributed by atoms with van der Waals surface area (Å²) in [6, 6.07) is 5.47. The third-order valence-electron chi connectivity index (χ3n) is 3.68. The molecule has 2 aliphatic heterocycles. The molecule has 0 amide bonds. The molecule has 2 N–H and O–H groups in total. The summed E-state index contributed by atoms with van der Waals surface area (Å²) in [6.07, 6.45) is 1.41. The Morgan fingerprint density at radius 2 is 2.25 bits per heavy atom. The maximum absolute atomic E-state index is 11.1. The monoisotopic (exact) mass is 219 g/mol. The van der Waals surface area contributed by atoms with E-state index in [1.54, 1.807) is 6.07 Å². The molecule has 3 rings (SSSR count). The lowest BCUT2D eigenvalue weighted by molar-refractivity contribution is -0.141. The zero-order chi connectivity index (χ0) is 11.3. The molecule has 2 atom stereocenters. The molecule has 2 unspecified atom stereocenters. The number of carboxylic acid groups (broad SMARTS) is 1. The van der Waals surface area contributed by atoms with E-state index in [9.17, 15) is 9.90 Å². The highest BCUT2D eigenvalue weighted by Crippen LogP contribution is 2.45. The molecule has 4 nitrogen and oxygen atoms in total. The number of carbonyl (C=O) groups is 1. The van der Waals surface area contributed by atoms with Gasteiger partial charge in [0.15, 0.2) is 0 Å². The van der Waals surface area contributed by atoms with Crippen molar-refractivity contribution in [2.75, 3.05) is 11.4 Å². The van der Waals surface area contributed by atoms with Crippen LogP contribution in [-0.2, 0) is 11.2 Å². The van der Waals surface area contributed by atoms with E-state index >= 15 is 0 Å². The van der Waals surface area contributed by atoms with Crippen LogP contribution in [0.25, 0.3) is 0 Å². The van der Waals surface area contributed by atoms with Crippen LogP contribution < -0.4 is 4.90 Å². The SMILES string of the molecule is O=C(O)C1CCN2c3c(O)cccc3CC12. The van der Waals surface area contributed by atoms with Crippen molar-refractivity contribution in [1.29, 1.82) is 0 Å². The predicted molar refractivity (Wildman–Crippen MR) is 58.7 cm³/mol. The van der Waals surface area contributed by atoms with Gasteiger partial charge < -0.3 is 15.1 Å². The van der Waals surface area contributed by atoms with Crippen LogP contribution >= 0.6 is 0 Å². The van der Waals surface area contributed by atoms with Crippen LogP contribution in [0.1, 0.15) is 12.0 Å². The third-order valence-corrected chi connectivity index (χ3v) is 3.68. The largest absolute Gasteiger partial charge is 0.506 e. The van der Waals surface area contributed by atoms with E-state index in [1.807, 2.05) is 17.0 Å². The second kappa shape index (κ2) is 3.14. The summed E-state index contributed by atoms with van der Waals surface area (Å²) in [5.41, 5.74) is 1.91. The van der Waals surface area contributed by atoms with Gasteiger partial charge in [-0.3, -0.25) is 4.79 Å². The van der Waals surface area contributed by atoms with Crippen LogP contribution in [-0.4, -0.2) is 28.8 Å². The highest BCUT2D eigenvalue weighted by molar-refractivity contribution is 5.77. The predicted octanol–water partition coefficient (Wildman–Crippen LogP) is 1.23. The van der Waals surface area contributed by atoms with Gasteiger partial charge in [0.25, 0.3) is 0 Å². The first-order chi connectivity index (χ1) is 7.68. The molecule has 0 aliphatic carbocycles. The summed E-state index contributed by atoms with van der Waals surface area (Å²) in [4.78, 5) is 13.1. The fourth-order valence-electron chi connectivity index (χ4n) is 2.97. The molecular weight excluding hydrogens is 206 g/mol. The number of hydrogen-bond donors (Lipinski definition) is 2. The van der Waals surface area contributed by atoms with Gasteiger partial charge >= 0.3 is 5.97 Å². The molecule has 2 heterocycles. The van der Waals surface area contributed by atoms with Gasteiger partial charge in [-0.05, 0) is 24.5 Å². The Kier molecular flexibility index (Phi) is 1.87. The molecule has 0 radical (unpaired) electrons. The molecule has 0 bridgehead atoms. The molecule has 0 spiro atoms. The highest BCUT2D eigenvalue weighted by Gasteiger charge is 2.44. The van der Waals surface area contributed by atoms with E-state index < -0.39 is 5.97 Å². The molecule has 1 fully saturated rings. The number of nitrogens with zero attached hydrogens (tertiary/aromatic N) is 1. The van der Waals surface area contributed by atoms with E-state index in [0.717, 1.165) is 24.2 Å². The second-order valence-corrected chi connectivity index (χ2v) is 4.48. The zero-order valence-corrected chi connectivity index (χ0v) is 8.76. The van der Waals surface area contributed by atoms with Crippen molar-refractivity contribution in [1.82, 2.24) is 0 Å². The number of para-hydroxylation sites is 1. The Morgan fingerprint density at radius 3 is 3.00 bits per heavy atom. The fourth-order valence-corrected chi connectivity index (χ4v) is 2.97. The number of phenols is 1. The maximum atomic E-state index is 11.1. The minimum Gasteiger partial charge on any atom is -0.506 e. The minimum atomic E-state index is -0.722. The van der Waals surface area contributed by atoms with Crippen molar-refractivity contribution in [3.63, 3.8) is 0 Å². The maximum Gasteiger partial charge on any atom is 0.308 e. The number of phenolic OH excluding ortho intramolecular Hbond substituents is 1. The Bertz CT molecular complexity index is 458. The van der Waals surface area contributed by atoms with E-state index in [2.05, 4.69) is 0 Å². The van der Waals surface area contributed by atoms with Gasteiger partial charge in [-0.15, -0.1) is 0 Å². The van der Waals surface area contributed by atoms with Crippen LogP contribution in [0.2, 0.25) is 0 Å². The standard InChI is InChI=1S/C12H13NO3/c14-10-3-1-2-7-6-9-8(12(15)16)4-5-13(9)11(7)10/h1-3,8-9,14H,4-6H2,(H,15,16). The Hall–Kier alpha value is -1.71. The molecule has 1 saturated heterocycles. The smallest absolute Gasteiger partial charge is 0.308 e. The Balaban J connectivity index is 2.01. The molecule has 0 saturated carbocycles. The van der Waals surface area contributed by atoms with E-state index in [-0.39, 0.29) is 17.7 Å². The number of hydrogen-bond acceptors (Lipinski definition) is 3. The van der Waals surface area contributed by atoms with Gasteiger partial charge in [-0.2, -0.15) is 0 Å². The van der Waals surface area contributed by atoms with Gasteiger partial charge in [0.2, 0.25) is 0 Å². The van der Waals surface area contributed by atoms with Crippen LogP contribution in [0, 0.1) is 5.92 Å². The summed E-state index contributed by atoms with van der Waals surface area (Å²) in [5, 5.41) is 18.9. The molecule has 4 heteroatoms. The van der Waals surface area contributed by atoms with Gasteiger partial charge in [-0.1, -0.05) is 12.1 Å². The van der Waals surface area contributed by atoms with Crippen molar-refractivity contribution in [3.05, 3.63) is 23.8 Å². The lowest BCUT2D eigenvalue weighted by atomic mass is 9.97. The molecule has 2 aliphatic rings. The quantitative estimate of drug-likeness (QED) is 0.745. The Labute approximate surface area is 93.1 Å². The topological polar surface area (TPSA) is 60.8 Å². The summed E-state index contributed by atoms with van der Waals surface area (Å²) in [5.74, 6) is -0.752. The third kappa shape index (κ3) is 1.13. The summed E-state index contributed by atoms with van der Waals surface area (Å²) in [7, 11) is 0. The first-order valence-corrected chi connectivity index (χ1v) is 5.49. The summed E-state index contributed by atoms with van der Waals surface area (Å²) in [6.45, 7) is 0.728. The molecule has 84 valence electrons. The second-order valence-electron chi connectivity index (χ2n) is 4.48.